The predicted octanol–water partition coefficient (Wildman–Crippen LogP) is 5.87. The highest BCUT2D eigenvalue weighted by molar-refractivity contribution is 5.82. The topological polar surface area (TPSA) is 26.3 Å². The van der Waals surface area contributed by atoms with Crippen LogP contribution in [0.5, 0.6) is 0 Å². The first kappa shape index (κ1) is 16.8. The minimum atomic E-state index is -0.560. The van der Waals surface area contributed by atoms with Crippen LogP contribution in [0.4, 0.5) is 0 Å². The van der Waals surface area contributed by atoms with Crippen LogP contribution >= 0.6 is 0 Å². The first-order chi connectivity index (χ1) is 12.6. The smallest absolute Gasteiger partial charge is 0.317 e. The van der Waals surface area contributed by atoms with Gasteiger partial charge in [-0.25, -0.2) is 0 Å². The Labute approximate surface area is 155 Å². The number of benzene rings is 2. The molecule has 0 aromatic heterocycles. The van der Waals surface area contributed by atoms with E-state index >= 15 is 0 Å². The Bertz CT molecular complexity index is 873. The van der Waals surface area contributed by atoms with E-state index in [1.807, 2.05) is 38.1 Å². The molecule has 2 nitrogen and oxygen atoms in total. The van der Waals surface area contributed by atoms with Gasteiger partial charge in [-0.3, -0.25) is 4.79 Å². The van der Waals surface area contributed by atoms with E-state index in [-0.39, 0.29) is 11.9 Å². The standard InChI is InChI=1S/C24H24O2/c1-24(2)21(18-12-7-4-8-13-18)20-15-9-14-19(22(20)26-23(24)25)16-17-10-5-3-6-11-17/h3-8,10-13,16,21H,9,14-15H2,1-2H3/t21-/m0/s1. The summed E-state index contributed by atoms with van der Waals surface area (Å²) in [6.45, 7) is 4.01. The number of carbonyl (C=O) groups is 1. The number of esters is 1. The molecule has 0 unspecified atom stereocenters. The maximum atomic E-state index is 12.9. The predicted molar refractivity (Wildman–Crippen MR) is 104 cm³/mol. The second-order valence-corrected chi connectivity index (χ2v) is 7.74. The van der Waals surface area contributed by atoms with Gasteiger partial charge in [0.15, 0.2) is 0 Å². The van der Waals surface area contributed by atoms with Crippen LogP contribution in [0, 0.1) is 5.41 Å². The van der Waals surface area contributed by atoms with Crippen LogP contribution < -0.4 is 0 Å². The maximum absolute atomic E-state index is 12.9. The number of carbonyl (C=O) groups excluding carboxylic acids is 1. The summed E-state index contributed by atoms with van der Waals surface area (Å²) in [4.78, 5) is 12.9. The van der Waals surface area contributed by atoms with Gasteiger partial charge in [-0.05, 0) is 61.5 Å². The number of hydrogen-bond acceptors (Lipinski definition) is 2. The third kappa shape index (κ3) is 2.90. The molecule has 4 rings (SSSR count). The fourth-order valence-electron chi connectivity index (χ4n) is 4.24. The molecule has 2 heteroatoms. The van der Waals surface area contributed by atoms with E-state index in [0.29, 0.717) is 0 Å². The Morgan fingerprint density at radius 3 is 2.31 bits per heavy atom. The summed E-state index contributed by atoms with van der Waals surface area (Å²) < 4.78 is 5.91. The molecule has 0 saturated carbocycles. The van der Waals surface area contributed by atoms with Gasteiger partial charge in [-0.2, -0.15) is 0 Å². The van der Waals surface area contributed by atoms with Crippen LogP contribution in [0.3, 0.4) is 0 Å². The zero-order valence-corrected chi connectivity index (χ0v) is 15.4. The van der Waals surface area contributed by atoms with E-state index < -0.39 is 5.41 Å². The Balaban J connectivity index is 1.85. The van der Waals surface area contributed by atoms with Crippen molar-refractivity contribution in [2.45, 2.75) is 39.0 Å². The highest BCUT2D eigenvalue weighted by atomic mass is 16.5. The Kier molecular flexibility index (Phi) is 4.28. The third-order valence-electron chi connectivity index (χ3n) is 5.54. The highest BCUT2D eigenvalue weighted by Gasteiger charge is 2.47. The monoisotopic (exact) mass is 344 g/mol. The van der Waals surface area contributed by atoms with Gasteiger partial charge in [-0.1, -0.05) is 60.7 Å². The minimum absolute atomic E-state index is 0.0689. The number of ether oxygens (including phenoxy) is 1. The highest BCUT2D eigenvalue weighted by Crippen LogP contribution is 2.51. The minimum Gasteiger partial charge on any atom is -0.426 e. The fourth-order valence-corrected chi connectivity index (χ4v) is 4.24. The van der Waals surface area contributed by atoms with Gasteiger partial charge in [-0.15, -0.1) is 0 Å². The Morgan fingerprint density at radius 1 is 0.962 bits per heavy atom. The van der Waals surface area contributed by atoms with Crippen LogP contribution in [0.1, 0.15) is 50.2 Å². The molecular weight excluding hydrogens is 320 g/mol. The van der Waals surface area contributed by atoms with Gasteiger partial charge in [0.1, 0.15) is 5.76 Å². The Morgan fingerprint density at radius 2 is 1.62 bits per heavy atom. The molecule has 26 heavy (non-hydrogen) atoms. The molecule has 0 bridgehead atoms. The van der Waals surface area contributed by atoms with Crippen molar-refractivity contribution < 1.29 is 9.53 Å². The van der Waals surface area contributed by atoms with E-state index in [2.05, 4.69) is 42.5 Å². The van der Waals surface area contributed by atoms with Crippen molar-refractivity contribution in [3.8, 4) is 0 Å². The van der Waals surface area contributed by atoms with Crippen molar-refractivity contribution in [1.29, 1.82) is 0 Å². The van der Waals surface area contributed by atoms with Crippen molar-refractivity contribution in [3.05, 3.63) is 88.7 Å². The largest absolute Gasteiger partial charge is 0.426 e. The zero-order valence-electron chi connectivity index (χ0n) is 15.4. The van der Waals surface area contributed by atoms with Crippen LogP contribution in [0.25, 0.3) is 6.08 Å². The van der Waals surface area contributed by atoms with Crippen molar-refractivity contribution in [1.82, 2.24) is 0 Å². The van der Waals surface area contributed by atoms with Crippen LogP contribution in [-0.4, -0.2) is 5.97 Å². The van der Waals surface area contributed by atoms with Gasteiger partial charge in [0.2, 0.25) is 0 Å². The molecule has 0 amide bonds. The maximum Gasteiger partial charge on any atom is 0.317 e. The van der Waals surface area contributed by atoms with Gasteiger partial charge in [0, 0.05) is 5.92 Å². The molecular formula is C24H24O2. The van der Waals surface area contributed by atoms with Crippen LogP contribution in [0.15, 0.2) is 77.6 Å². The van der Waals surface area contributed by atoms with E-state index in [0.717, 1.165) is 36.2 Å². The summed E-state index contributed by atoms with van der Waals surface area (Å²) in [5.74, 6) is 0.753. The molecule has 1 atom stereocenters. The summed E-state index contributed by atoms with van der Waals surface area (Å²) in [6.07, 6.45) is 5.19. The molecule has 1 heterocycles. The summed E-state index contributed by atoms with van der Waals surface area (Å²) >= 11 is 0. The summed E-state index contributed by atoms with van der Waals surface area (Å²) in [7, 11) is 0. The fraction of sp³-hybridized carbons (Fsp3) is 0.292. The molecule has 0 fully saturated rings. The molecule has 0 N–H and O–H groups in total. The van der Waals surface area contributed by atoms with Crippen molar-refractivity contribution in [2.24, 2.45) is 5.41 Å². The summed E-state index contributed by atoms with van der Waals surface area (Å²) in [5, 5.41) is 0. The average Bonchev–Trinajstić information content (AvgIpc) is 2.65. The molecule has 2 aromatic rings. The van der Waals surface area contributed by atoms with E-state index in [9.17, 15) is 4.79 Å². The molecule has 1 aliphatic heterocycles. The van der Waals surface area contributed by atoms with Gasteiger partial charge in [0.05, 0.1) is 5.41 Å². The summed E-state index contributed by atoms with van der Waals surface area (Å²) in [6, 6.07) is 20.6. The number of rotatable bonds is 2. The van der Waals surface area contributed by atoms with E-state index in [4.69, 9.17) is 4.74 Å². The second kappa shape index (κ2) is 6.60. The molecule has 2 aliphatic rings. The lowest BCUT2D eigenvalue weighted by molar-refractivity contribution is -0.152. The normalized spacial score (nSPS) is 23.5. The quantitative estimate of drug-likeness (QED) is 0.636. The first-order valence-corrected chi connectivity index (χ1v) is 9.33. The van der Waals surface area contributed by atoms with Gasteiger partial charge >= 0.3 is 5.97 Å². The number of allylic oxidation sites excluding steroid dienone is 2. The van der Waals surface area contributed by atoms with Gasteiger partial charge in [0.25, 0.3) is 0 Å². The van der Waals surface area contributed by atoms with Crippen LogP contribution in [-0.2, 0) is 9.53 Å². The third-order valence-corrected chi connectivity index (χ3v) is 5.54. The molecule has 0 spiro atoms. The average molecular weight is 344 g/mol. The van der Waals surface area contributed by atoms with Crippen molar-refractivity contribution in [3.63, 3.8) is 0 Å². The van der Waals surface area contributed by atoms with Crippen molar-refractivity contribution >= 4 is 12.0 Å². The van der Waals surface area contributed by atoms with E-state index in [1.165, 1.54) is 11.1 Å². The lowest BCUT2D eigenvalue weighted by Crippen LogP contribution is -2.39. The van der Waals surface area contributed by atoms with Crippen molar-refractivity contribution in [2.75, 3.05) is 0 Å². The lowest BCUT2D eigenvalue weighted by atomic mass is 9.66. The molecule has 2 aromatic carbocycles. The molecule has 0 radical (unpaired) electrons. The zero-order chi connectivity index (χ0) is 18.1. The first-order valence-electron chi connectivity index (χ1n) is 9.33. The SMILES string of the molecule is CC1(C)C(=O)OC2=C(CCCC2=Cc2ccccc2)[C@@H]1c1ccccc1. The van der Waals surface area contributed by atoms with Gasteiger partial charge < -0.3 is 4.74 Å². The lowest BCUT2D eigenvalue weighted by Gasteiger charge is -2.42. The second-order valence-electron chi connectivity index (χ2n) is 7.74. The van der Waals surface area contributed by atoms with Crippen LogP contribution in [0.2, 0.25) is 0 Å². The van der Waals surface area contributed by atoms with E-state index in [1.54, 1.807) is 0 Å². The summed E-state index contributed by atoms with van der Waals surface area (Å²) in [5.41, 5.74) is 4.20. The molecule has 1 aliphatic carbocycles. The Hall–Kier alpha value is -2.61. The molecule has 0 saturated heterocycles. The molecule has 132 valence electrons. The number of hydrogen-bond donors (Lipinski definition) is 0.